The van der Waals surface area contributed by atoms with Crippen LogP contribution in [0.5, 0.6) is 0 Å². The van der Waals surface area contributed by atoms with Crippen LogP contribution in [0.15, 0.2) is 134 Å². The van der Waals surface area contributed by atoms with E-state index in [0.29, 0.717) is 24.9 Å². The van der Waals surface area contributed by atoms with Crippen LogP contribution in [0, 0.1) is 0 Å². The minimum atomic E-state index is -0.906. The molecule has 8 nitrogen and oxygen atoms in total. The van der Waals surface area contributed by atoms with Crippen LogP contribution in [0.25, 0.3) is 11.1 Å². The van der Waals surface area contributed by atoms with Crippen LogP contribution in [0.4, 0.5) is 0 Å². The van der Waals surface area contributed by atoms with Crippen molar-refractivity contribution >= 4 is 17.7 Å². The molecule has 5 aromatic rings. The number of hydrogen-bond donors (Lipinski definition) is 3. The molecule has 1 heterocycles. The SMILES string of the molecule is CC(N)c1cccc(C(=O)N(C)[C@H](Cc2ccc(-c3ccccc3)cc2)C(=O)NC(Cc2ccccc2)C(=O)NCCc2ccncc2)c1. The fourth-order valence-corrected chi connectivity index (χ4v) is 5.72. The molecule has 0 fully saturated rings. The summed E-state index contributed by atoms with van der Waals surface area (Å²) < 4.78 is 0. The molecule has 8 heteroatoms. The fraction of sp³-hybridized carbons (Fsp3) is 0.220. The van der Waals surface area contributed by atoms with E-state index in [1.165, 1.54) is 4.90 Å². The van der Waals surface area contributed by atoms with E-state index in [4.69, 9.17) is 5.73 Å². The molecular formula is C41H43N5O3. The lowest BCUT2D eigenvalue weighted by Gasteiger charge is -2.30. The van der Waals surface area contributed by atoms with Gasteiger partial charge in [-0.1, -0.05) is 97.1 Å². The number of hydrogen-bond acceptors (Lipinski definition) is 5. The zero-order valence-corrected chi connectivity index (χ0v) is 28.0. The predicted octanol–water partition coefficient (Wildman–Crippen LogP) is 5.54. The van der Waals surface area contributed by atoms with Gasteiger partial charge in [-0.25, -0.2) is 0 Å². The summed E-state index contributed by atoms with van der Waals surface area (Å²) >= 11 is 0. The summed E-state index contributed by atoms with van der Waals surface area (Å²) in [5.74, 6) is -1.03. The second kappa shape index (κ2) is 17.0. The Labute approximate surface area is 288 Å². The molecule has 0 radical (unpaired) electrons. The number of benzene rings is 4. The molecule has 0 saturated carbocycles. The summed E-state index contributed by atoms with van der Waals surface area (Å²) in [5, 5.41) is 6.01. The highest BCUT2D eigenvalue weighted by Gasteiger charge is 2.31. The van der Waals surface area contributed by atoms with Gasteiger partial charge >= 0.3 is 0 Å². The van der Waals surface area contributed by atoms with Gasteiger partial charge in [0, 0.05) is 50.4 Å². The summed E-state index contributed by atoms with van der Waals surface area (Å²) in [6.07, 6.45) is 4.60. The average molecular weight is 654 g/mol. The first-order valence-corrected chi connectivity index (χ1v) is 16.6. The topological polar surface area (TPSA) is 117 Å². The Balaban J connectivity index is 1.39. The Morgan fingerprint density at radius 2 is 1.35 bits per heavy atom. The molecule has 0 saturated heterocycles. The highest BCUT2D eigenvalue weighted by molar-refractivity contribution is 5.98. The van der Waals surface area contributed by atoms with Gasteiger partial charge in [0.15, 0.2) is 0 Å². The molecule has 0 spiro atoms. The summed E-state index contributed by atoms with van der Waals surface area (Å²) in [4.78, 5) is 47.3. The number of carbonyl (C=O) groups is 3. The van der Waals surface area contributed by atoms with E-state index in [1.54, 1.807) is 37.6 Å². The van der Waals surface area contributed by atoms with Gasteiger partial charge in [0.05, 0.1) is 0 Å². The lowest BCUT2D eigenvalue weighted by molar-refractivity contribution is -0.131. The molecule has 0 aliphatic carbocycles. The molecule has 2 unspecified atom stereocenters. The van der Waals surface area contributed by atoms with E-state index < -0.39 is 18.0 Å². The molecule has 0 aliphatic heterocycles. The van der Waals surface area contributed by atoms with E-state index in [-0.39, 0.29) is 24.3 Å². The largest absolute Gasteiger partial charge is 0.354 e. The fourth-order valence-electron chi connectivity index (χ4n) is 5.72. The Morgan fingerprint density at radius 1 is 0.714 bits per heavy atom. The summed E-state index contributed by atoms with van der Waals surface area (Å²) in [6, 6.07) is 36.6. The van der Waals surface area contributed by atoms with Crippen molar-refractivity contribution in [3.05, 3.63) is 162 Å². The minimum absolute atomic E-state index is 0.248. The maximum Gasteiger partial charge on any atom is 0.254 e. The molecule has 5 rings (SSSR count). The van der Waals surface area contributed by atoms with Gasteiger partial charge in [0.25, 0.3) is 5.91 Å². The van der Waals surface area contributed by atoms with Gasteiger partial charge in [-0.3, -0.25) is 19.4 Å². The second-order valence-electron chi connectivity index (χ2n) is 12.3. The van der Waals surface area contributed by atoms with E-state index in [9.17, 15) is 14.4 Å². The average Bonchev–Trinajstić information content (AvgIpc) is 3.14. The number of nitrogens with two attached hydrogens (primary N) is 1. The number of carbonyl (C=O) groups excluding carboxylic acids is 3. The lowest BCUT2D eigenvalue weighted by atomic mass is 9.98. The summed E-state index contributed by atoms with van der Waals surface area (Å²) in [7, 11) is 1.63. The third kappa shape index (κ3) is 9.72. The van der Waals surface area contributed by atoms with Gasteiger partial charge in [0.2, 0.25) is 11.8 Å². The molecule has 4 N–H and O–H groups in total. The molecule has 0 aliphatic rings. The zero-order chi connectivity index (χ0) is 34.6. The number of nitrogens with one attached hydrogen (secondary N) is 2. The number of pyridine rings is 1. The normalized spacial score (nSPS) is 12.7. The molecule has 4 aromatic carbocycles. The first-order chi connectivity index (χ1) is 23.8. The predicted molar refractivity (Wildman–Crippen MR) is 194 cm³/mol. The van der Waals surface area contributed by atoms with Crippen LogP contribution in [0.2, 0.25) is 0 Å². The molecule has 3 atom stereocenters. The number of aromatic nitrogens is 1. The maximum atomic E-state index is 14.3. The van der Waals surface area contributed by atoms with Crippen LogP contribution in [-0.4, -0.2) is 53.3 Å². The Hall–Kier alpha value is -5.60. The summed E-state index contributed by atoms with van der Waals surface area (Å²) in [6.45, 7) is 2.26. The van der Waals surface area contributed by atoms with Gasteiger partial charge in [-0.2, -0.15) is 0 Å². The molecule has 49 heavy (non-hydrogen) atoms. The maximum absolute atomic E-state index is 14.3. The third-order valence-corrected chi connectivity index (χ3v) is 8.62. The van der Waals surface area contributed by atoms with Crippen LogP contribution in [0.3, 0.4) is 0 Å². The standard InChI is InChI=1S/C41H43N5O3/c1-29(42)35-14-9-15-36(28-35)41(49)46(2)38(27-32-16-18-34(19-17-32)33-12-7-4-8-13-33)40(48)45-37(26-31-10-5-3-6-11-31)39(47)44-25-22-30-20-23-43-24-21-30/h3-21,23-24,28-29,37-38H,22,25-27,42H2,1-2H3,(H,44,47)(H,45,48)/t29?,37?,38-/m1/s1. The van der Waals surface area contributed by atoms with Gasteiger partial charge in [0.1, 0.15) is 12.1 Å². The van der Waals surface area contributed by atoms with Gasteiger partial charge < -0.3 is 21.3 Å². The first-order valence-electron chi connectivity index (χ1n) is 16.6. The van der Waals surface area contributed by atoms with Crippen molar-refractivity contribution in [3.8, 4) is 11.1 Å². The van der Waals surface area contributed by atoms with Crippen molar-refractivity contribution in [3.63, 3.8) is 0 Å². The van der Waals surface area contributed by atoms with Crippen molar-refractivity contribution in [2.75, 3.05) is 13.6 Å². The van der Waals surface area contributed by atoms with Gasteiger partial charge in [-0.15, -0.1) is 0 Å². The van der Waals surface area contributed by atoms with Crippen LogP contribution in [0.1, 0.15) is 45.6 Å². The summed E-state index contributed by atoms with van der Waals surface area (Å²) in [5.41, 5.74) is 12.3. The smallest absolute Gasteiger partial charge is 0.254 e. The van der Waals surface area contributed by atoms with Crippen LogP contribution < -0.4 is 16.4 Å². The molecule has 250 valence electrons. The highest BCUT2D eigenvalue weighted by atomic mass is 16.2. The van der Waals surface area contributed by atoms with Crippen molar-refractivity contribution in [2.24, 2.45) is 5.73 Å². The van der Waals surface area contributed by atoms with Crippen molar-refractivity contribution < 1.29 is 14.4 Å². The van der Waals surface area contributed by atoms with Crippen molar-refractivity contribution in [1.82, 2.24) is 20.5 Å². The highest BCUT2D eigenvalue weighted by Crippen LogP contribution is 2.21. The quantitative estimate of drug-likeness (QED) is 0.146. The monoisotopic (exact) mass is 653 g/mol. The first kappa shape index (κ1) is 34.7. The number of amides is 3. The number of rotatable bonds is 14. The third-order valence-electron chi connectivity index (χ3n) is 8.62. The van der Waals surface area contributed by atoms with E-state index >= 15 is 0 Å². The van der Waals surface area contributed by atoms with E-state index in [1.807, 2.05) is 110 Å². The van der Waals surface area contributed by atoms with Crippen molar-refractivity contribution in [2.45, 2.75) is 44.3 Å². The minimum Gasteiger partial charge on any atom is -0.354 e. The van der Waals surface area contributed by atoms with Gasteiger partial charge in [-0.05, 0) is 71.0 Å². The lowest BCUT2D eigenvalue weighted by Crippen LogP contribution is -2.55. The molecule has 0 bridgehead atoms. The Morgan fingerprint density at radius 3 is 2.02 bits per heavy atom. The zero-order valence-electron chi connectivity index (χ0n) is 28.0. The number of likely N-dealkylation sites (N-methyl/N-ethyl adjacent to an activating group) is 1. The molecule has 3 amide bonds. The number of nitrogens with zero attached hydrogens (tertiary/aromatic N) is 2. The van der Waals surface area contributed by atoms with Crippen LogP contribution >= 0.6 is 0 Å². The van der Waals surface area contributed by atoms with Crippen LogP contribution in [-0.2, 0) is 28.9 Å². The Bertz CT molecular complexity index is 1810. The Kier molecular flexibility index (Phi) is 12.0. The van der Waals surface area contributed by atoms with Crippen molar-refractivity contribution in [1.29, 1.82) is 0 Å². The molecular weight excluding hydrogens is 610 g/mol. The van der Waals surface area contributed by atoms with E-state index in [0.717, 1.165) is 33.4 Å². The van der Waals surface area contributed by atoms with E-state index in [2.05, 4.69) is 15.6 Å². The second-order valence-corrected chi connectivity index (χ2v) is 12.3. The molecule has 1 aromatic heterocycles.